The van der Waals surface area contributed by atoms with Crippen molar-refractivity contribution < 1.29 is 27.9 Å². The van der Waals surface area contributed by atoms with E-state index in [0.717, 1.165) is 17.5 Å². The molecule has 0 saturated carbocycles. The van der Waals surface area contributed by atoms with Gasteiger partial charge in [0.1, 0.15) is 0 Å². The van der Waals surface area contributed by atoms with Crippen LogP contribution in [0, 0.1) is 0 Å². The number of nitrogens with one attached hydrogen (secondary N) is 1. The van der Waals surface area contributed by atoms with Crippen LogP contribution in [0.15, 0.2) is 83.8 Å². The number of carbonyl (C=O) groups is 2. The summed E-state index contributed by atoms with van der Waals surface area (Å²) in [5.41, 5.74) is 2.91. The molecule has 3 aromatic rings. The molecular formula is C26H27NO6S. The molecule has 0 aliphatic rings. The van der Waals surface area contributed by atoms with Gasteiger partial charge in [-0.2, -0.15) is 0 Å². The van der Waals surface area contributed by atoms with Crippen molar-refractivity contribution in [3.8, 4) is 0 Å². The number of hydrogen-bond acceptors (Lipinski definition) is 5. The van der Waals surface area contributed by atoms with Crippen LogP contribution in [-0.4, -0.2) is 37.3 Å². The van der Waals surface area contributed by atoms with Crippen molar-refractivity contribution in [3.63, 3.8) is 0 Å². The van der Waals surface area contributed by atoms with Gasteiger partial charge in [-0.05, 0) is 60.4 Å². The molecule has 0 radical (unpaired) electrons. The zero-order valence-corrected chi connectivity index (χ0v) is 19.6. The zero-order chi connectivity index (χ0) is 24.6. The van der Waals surface area contributed by atoms with Gasteiger partial charge < -0.3 is 15.2 Å². The van der Waals surface area contributed by atoms with E-state index in [1.807, 2.05) is 49.4 Å². The molecule has 0 spiro atoms. The van der Waals surface area contributed by atoms with Gasteiger partial charge in [0.2, 0.25) is 0 Å². The highest BCUT2D eigenvalue weighted by Gasteiger charge is 2.33. The third kappa shape index (κ3) is 6.52. The summed E-state index contributed by atoms with van der Waals surface area (Å²) in [6, 6.07) is 22.0. The number of sulfone groups is 1. The molecule has 2 N–H and O–H groups in total. The van der Waals surface area contributed by atoms with Crippen LogP contribution < -0.4 is 5.32 Å². The molecule has 3 aromatic carbocycles. The fourth-order valence-electron chi connectivity index (χ4n) is 3.35. The van der Waals surface area contributed by atoms with Crippen molar-refractivity contribution in [1.82, 2.24) is 0 Å². The first-order chi connectivity index (χ1) is 16.3. The van der Waals surface area contributed by atoms with E-state index >= 15 is 0 Å². The molecule has 0 aliphatic carbocycles. The maximum atomic E-state index is 12.9. The molecule has 1 atom stereocenters. The normalized spacial score (nSPS) is 12.1. The number of carbonyl (C=O) groups excluding carboxylic acids is 1. The van der Waals surface area contributed by atoms with E-state index in [2.05, 4.69) is 5.32 Å². The second kappa shape index (κ2) is 11.6. The maximum absolute atomic E-state index is 12.9. The van der Waals surface area contributed by atoms with Crippen molar-refractivity contribution in [3.05, 3.63) is 95.6 Å². The van der Waals surface area contributed by atoms with Gasteiger partial charge in [0.05, 0.1) is 11.5 Å². The fourth-order valence-corrected chi connectivity index (χ4v) is 4.87. The molecule has 0 bridgehead atoms. The highest BCUT2D eigenvalue weighted by atomic mass is 32.2. The second-order valence-electron chi connectivity index (χ2n) is 7.73. The van der Waals surface area contributed by atoms with E-state index in [-0.39, 0.29) is 30.4 Å². The number of amides is 1. The zero-order valence-electron chi connectivity index (χ0n) is 18.8. The first kappa shape index (κ1) is 25.1. The Labute approximate surface area is 199 Å². The predicted octanol–water partition coefficient (Wildman–Crippen LogP) is 4.34. The lowest BCUT2D eigenvalue weighted by Gasteiger charge is -2.14. The SMILES string of the molecule is CCc1ccc(C(=O)Nc2ccc(S(=O)(=O)C(CCOCc3ccccc3)C(=O)O)cc2)cc1. The summed E-state index contributed by atoms with van der Waals surface area (Å²) >= 11 is 0. The van der Waals surface area contributed by atoms with Crippen LogP contribution in [0.25, 0.3) is 0 Å². The molecular weight excluding hydrogens is 454 g/mol. The van der Waals surface area contributed by atoms with E-state index in [1.165, 1.54) is 24.3 Å². The molecule has 0 aliphatic heterocycles. The van der Waals surface area contributed by atoms with Crippen molar-refractivity contribution in [2.45, 2.75) is 36.5 Å². The molecule has 178 valence electrons. The van der Waals surface area contributed by atoms with E-state index in [0.29, 0.717) is 11.3 Å². The number of carboxylic acids is 1. The second-order valence-corrected chi connectivity index (χ2v) is 9.86. The lowest BCUT2D eigenvalue weighted by Crippen LogP contribution is -2.31. The van der Waals surface area contributed by atoms with Crippen molar-refractivity contribution in [2.24, 2.45) is 0 Å². The van der Waals surface area contributed by atoms with Crippen LogP contribution in [-0.2, 0) is 32.4 Å². The number of ether oxygens (including phenoxy) is 1. The Morgan fingerprint density at radius 3 is 2.15 bits per heavy atom. The van der Waals surface area contributed by atoms with Crippen LogP contribution >= 0.6 is 0 Å². The summed E-state index contributed by atoms with van der Waals surface area (Å²) < 4.78 is 31.3. The average molecular weight is 482 g/mol. The number of aliphatic carboxylic acids is 1. The number of rotatable bonds is 11. The molecule has 34 heavy (non-hydrogen) atoms. The van der Waals surface area contributed by atoms with Crippen molar-refractivity contribution in [1.29, 1.82) is 0 Å². The third-order valence-corrected chi connectivity index (χ3v) is 7.47. The molecule has 7 nitrogen and oxygen atoms in total. The Hall–Kier alpha value is -3.49. The first-order valence-electron chi connectivity index (χ1n) is 10.9. The van der Waals surface area contributed by atoms with Gasteiger partial charge in [-0.1, -0.05) is 49.4 Å². The smallest absolute Gasteiger partial charge is 0.322 e. The summed E-state index contributed by atoms with van der Waals surface area (Å²) in [5.74, 6) is -1.76. The number of anilines is 1. The van der Waals surface area contributed by atoms with Gasteiger partial charge in [0.15, 0.2) is 15.1 Å². The number of aryl methyl sites for hydroxylation is 1. The van der Waals surface area contributed by atoms with E-state index in [9.17, 15) is 23.1 Å². The van der Waals surface area contributed by atoms with Crippen LogP contribution in [0.2, 0.25) is 0 Å². The van der Waals surface area contributed by atoms with E-state index in [4.69, 9.17) is 4.74 Å². The van der Waals surface area contributed by atoms with Gasteiger partial charge in [-0.15, -0.1) is 0 Å². The van der Waals surface area contributed by atoms with Crippen LogP contribution in [0.3, 0.4) is 0 Å². The maximum Gasteiger partial charge on any atom is 0.322 e. The number of carboxylic acid groups (broad SMARTS) is 1. The Kier molecular flexibility index (Phi) is 8.56. The summed E-state index contributed by atoms with van der Waals surface area (Å²) in [6.45, 7) is 2.27. The van der Waals surface area contributed by atoms with E-state index in [1.54, 1.807) is 12.1 Å². The van der Waals surface area contributed by atoms with Crippen molar-refractivity contribution in [2.75, 3.05) is 11.9 Å². The Morgan fingerprint density at radius 1 is 0.912 bits per heavy atom. The minimum atomic E-state index is -4.14. The summed E-state index contributed by atoms with van der Waals surface area (Å²) in [6.07, 6.45) is 0.686. The lowest BCUT2D eigenvalue weighted by atomic mass is 10.1. The standard InChI is InChI=1S/C26H27NO6S/c1-2-19-8-10-21(11-9-19)25(28)27-22-12-14-23(15-13-22)34(31,32)24(26(29)30)16-17-33-18-20-6-4-3-5-7-20/h3-15,24H,2,16-18H2,1H3,(H,27,28)(H,29,30). The molecule has 1 unspecified atom stereocenters. The van der Waals surface area contributed by atoms with Gasteiger partial charge in [-0.3, -0.25) is 9.59 Å². The monoisotopic (exact) mass is 481 g/mol. The summed E-state index contributed by atoms with van der Waals surface area (Å²) in [7, 11) is -4.14. The van der Waals surface area contributed by atoms with Crippen LogP contribution in [0.1, 0.15) is 34.8 Å². The van der Waals surface area contributed by atoms with Gasteiger partial charge in [0, 0.05) is 17.9 Å². The molecule has 0 fully saturated rings. The lowest BCUT2D eigenvalue weighted by molar-refractivity contribution is -0.136. The number of benzene rings is 3. The molecule has 0 heterocycles. The predicted molar refractivity (Wildman–Crippen MR) is 130 cm³/mol. The largest absolute Gasteiger partial charge is 0.480 e. The molecule has 0 aromatic heterocycles. The molecule has 8 heteroatoms. The van der Waals surface area contributed by atoms with Gasteiger partial charge in [-0.25, -0.2) is 8.42 Å². The Balaban J connectivity index is 1.62. The topological polar surface area (TPSA) is 110 Å². The molecule has 0 saturated heterocycles. The van der Waals surface area contributed by atoms with Crippen LogP contribution in [0.5, 0.6) is 0 Å². The highest BCUT2D eigenvalue weighted by Crippen LogP contribution is 2.22. The van der Waals surface area contributed by atoms with Gasteiger partial charge >= 0.3 is 5.97 Å². The Morgan fingerprint density at radius 2 is 1.56 bits per heavy atom. The van der Waals surface area contributed by atoms with Crippen molar-refractivity contribution >= 4 is 27.4 Å². The summed E-state index contributed by atoms with van der Waals surface area (Å²) in [5, 5.41) is 10.6. The Bertz CT molecular complexity index is 1210. The van der Waals surface area contributed by atoms with Crippen LogP contribution in [0.4, 0.5) is 5.69 Å². The summed E-state index contributed by atoms with van der Waals surface area (Å²) in [4.78, 5) is 24.0. The minimum Gasteiger partial charge on any atom is -0.480 e. The third-order valence-electron chi connectivity index (χ3n) is 5.35. The fraction of sp³-hybridized carbons (Fsp3) is 0.231. The first-order valence-corrected chi connectivity index (χ1v) is 12.4. The minimum absolute atomic E-state index is 0.0178. The molecule has 1 amide bonds. The quantitative estimate of drug-likeness (QED) is 0.395. The number of hydrogen-bond donors (Lipinski definition) is 2. The van der Waals surface area contributed by atoms with E-state index < -0.39 is 21.1 Å². The highest BCUT2D eigenvalue weighted by molar-refractivity contribution is 7.92. The molecule has 3 rings (SSSR count). The van der Waals surface area contributed by atoms with Gasteiger partial charge in [0.25, 0.3) is 5.91 Å². The average Bonchev–Trinajstić information content (AvgIpc) is 2.84.